The highest BCUT2D eigenvalue weighted by Gasteiger charge is 2.31. The molecule has 0 bridgehead atoms. The van der Waals surface area contributed by atoms with Crippen LogP contribution in [0.15, 0.2) is 47.5 Å². The van der Waals surface area contributed by atoms with Gasteiger partial charge in [0.05, 0.1) is 5.52 Å². The summed E-state index contributed by atoms with van der Waals surface area (Å²) < 4.78 is 1.74. The Kier molecular flexibility index (Phi) is 5.80. The maximum Gasteiger partial charge on any atom is 0.327 e. The molecule has 2 aliphatic heterocycles. The number of aromatic amines is 1. The summed E-state index contributed by atoms with van der Waals surface area (Å²) in [6, 6.07) is 8.67. The second-order valence-corrected chi connectivity index (χ2v) is 8.67. The molecule has 0 unspecified atom stereocenters. The number of amides is 3. The largest absolute Gasteiger partial charge is 0.354 e. The molecule has 0 saturated carbocycles. The van der Waals surface area contributed by atoms with Crippen LogP contribution in [0.4, 0.5) is 4.79 Å². The molecular weight excluding hydrogens is 422 g/mol. The summed E-state index contributed by atoms with van der Waals surface area (Å²) in [5, 5.41) is 5.85. The average Bonchev–Trinajstić information content (AvgIpc) is 3.08. The minimum atomic E-state index is -0.564. The molecule has 172 valence electrons. The number of pyridine rings is 2. The number of hydrogen-bond acceptors (Lipinski definition) is 5. The Morgan fingerprint density at radius 3 is 2.61 bits per heavy atom. The van der Waals surface area contributed by atoms with Gasteiger partial charge in [0.2, 0.25) is 5.91 Å². The molecule has 2 aliphatic rings. The number of carbonyl (C=O) groups excluding carboxylic acids is 2. The molecule has 0 spiro atoms. The lowest BCUT2D eigenvalue weighted by molar-refractivity contribution is -0.122. The van der Waals surface area contributed by atoms with Crippen LogP contribution in [-0.4, -0.2) is 62.0 Å². The summed E-state index contributed by atoms with van der Waals surface area (Å²) in [6.45, 7) is 1.55. The number of piperidine rings is 1. The van der Waals surface area contributed by atoms with Crippen molar-refractivity contribution in [3.05, 3.63) is 58.9 Å². The lowest BCUT2D eigenvalue weighted by atomic mass is 9.98. The Morgan fingerprint density at radius 2 is 1.82 bits per heavy atom. The average molecular weight is 450 g/mol. The lowest BCUT2D eigenvalue weighted by Gasteiger charge is -2.33. The predicted octanol–water partition coefficient (Wildman–Crippen LogP) is 1.53. The number of aromatic nitrogens is 4. The smallest absolute Gasteiger partial charge is 0.327 e. The van der Waals surface area contributed by atoms with Gasteiger partial charge in [-0.15, -0.1) is 0 Å². The molecule has 33 heavy (non-hydrogen) atoms. The van der Waals surface area contributed by atoms with Gasteiger partial charge in [-0.05, 0) is 49.9 Å². The van der Waals surface area contributed by atoms with Crippen molar-refractivity contribution >= 4 is 23.1 Å². The number of fused-ring (bicyclic) bond motifs is 1. The zero-order chi connectivity index (χ0) is 22.8. The van der Waals surface area contributed by atoms with E-state index in [0.29, 0.717) is 44.5 Å². The van der Waals surface area contributed by atoms with Gasteiger partial charge in [0, 0.05) is 49.7 Å². The van der Waals surface area contributed by atoms with Crippen molar-refractivity contribution in [2.45, 2.75) is 43.7 Å². The molecule has 3 aromatic heterocycles. The van der Waals surface area contributed by atoms with Crippen LogP contribution in [0.25, 0.3) is 11.2 Å². The number of carbonyl (C=O) groups is 2. The Bertz CT molecular complexity index is 1200. The van der Waals surface area contributed by atoms with Crippen molar-refractivity contribution < 1.29 is 9.59 Å². The van der Waals surface area contributed by atoms with Gasteiger partial charge in [0.15, 0.2) is 5.65 Å². The van der Waals surface area contributed by atoms with Crippen LogP contribution in [0.2, 0.25) is 0 Å². The standard InChI is InChI=1S/C23H27N7O3/c31-21-18(7-6-15(14-26-21)17-4-1-2-10-24-17)27-22(32)29-12-8-16(9-13-29)30-19-5-3-11-25-20(19)28-23(30)33/h1-5,10-11,15-16,18H,6-9,12-14H2,(H,26,31)(H,27,32)(H,25,28,33)/t15-,18-/m1/s1. The maximum atomic E-state index is 12.9. The van der Waals surface area contributed by atoms with Gasteiger partial charge in [-0.2, -0.15) is 0 Å². The van der Waals surface area contributed by atoms with Crippen molar-refractivity contribution in [3.8, 4) is 0 Å². The van der Waals surface area contributed by atoms with Gasteiger partial charge >= 0.3 is 11.7 Å². The second kappa shape index (κ2) is 9.05. The number of nitrogens with one attached hydrogen (secondary N) is 3. The van der Waals surface area contributed by atoms with Crippen molar-refractivity contribution in [1.82, 2.24) is 35.1 Å². The SMILES string of the molecule is O=C1NC[C@H](c2ccccn2)CC[C@H]1NC(=O)N1CCC(n2c(=O)[nH]c3ncccc32)CC1. The van der Waals surface area contributed by atoms with E-state index in [0.717, 1.165) is 17.6 Å². The molecule has 0 aromatic carbocycles. The van der Waals surface area contributed by atoms with Crippen LogP contribution < -0.4 is 16.3 Å². The summed E-state index contributed by atoms with van der Waals surface area (Å²) in [4.78, 5) is 51.0. The first-order valence-electron chi connectivity index (χ1n) is 11.4. The zero-order valence-electron chi connectivity index (χ0n) is 18.2. The van der Waals surface area contributed by atoms with Crippen LogP contribution in [0.3, 0.4) is 0 Å². The third-order valence-electron chi connectivity index (χ3n) is 6.65. The third kappa shape index (κ3) is 4.33. The maximum absolute atomic E-state index is 12.9. The first kappa shape index (κ1) is 21.2. The number of hydrogen-bond donors (Lipinski definition) is 3. The van der Waals surface area contributed by atoms with Crippen LogP contribution in [-0.2, 0) is 4.79 Å². The van der Waals surface area contributed by atoms with E-state index >= 15 is 0 Å². The summed E-state index contributed by atoms with van der Waals surface area (Å²) >= 11 is 0. The van der Waals surface area contributed by atoms with E-state index in [4.69, 9.17) is 0 Å². The Hall–Kier alpha value is -3.69. The molecule has 3 N–H and O–H groups in total. The summed E-state index contributed by atoms with van der Waals surface area (Å²) in [7, 11) is 0. The molecule has 5 rings (SSSR count). The van der Waals surface area contributed by atoms with Gasteiger partial charge in [0.1, 0.15) is 6.04 Å². The minimum Gasteiger partial charge on any atom is -0.354 e. The fraction of sp³-hybridized carbons (Fsp3) is 0.435. The fourth-order valence-corrected chi connectivity index (χ4v) is 4.84. The minimum absolute atomic E-state index is 0.000176. The van der Waals surface area contributed by atoms with E-state index in [1.54, 1.807) is 21.9 Å². The summed E-state index contributed by atoms with van der Waals surface area (Å²) in [5.41, 5.74) is 2.13. The lowest BCUT2D eigenvalue weighted by Crippen LogP contribution is -2.52. The number of nitrogens with zero attached hydrogens (tertiary/aromatic N) is 4. The fourth-order valence-electron chi connectivity index (χ4n) is 4.84. The van der Waals surface area contributed by atoms with Crippen molar-refractivity contribution in [1.29, 1.82) is 0 Å². The van der Waals surface area contributed by atoms with Crippen molar-refractivity contribution in [3.63, 3.8) is 0 Å². The number of likely N-dealkylation sites (tertiary alicyclic amines) is 1. The van der Waals surface area contributed by atoms with Crippen LogP contribution in [0.5, 0.6) is 0 Å². The number of imidazole rings is 1. The summed E-state index contributed by atoms with van der Waals surface area (Å²) in [5.74, 6) is -0.0220. The highest BCUT2D eigenvalue weighted by atomic mass is 16.2. The topological polar surface area (TPSA) is 125 Å². The van der Waals surface area contributed by atoms with Gasteiger partial charge in [-0.3, -0.25) is 19.3 Å². The van der Waals surface area contributed by atoms with E-state index in [-0.39, 0.29) is 29.6 Å². The van der Waals surface area contributed by atoms with Crippen LogP contribution in [0, 0.1) is 0 Å². The third-order valence-corrected chi connectivity index (χ3v) is 6.65. The Balaban J connectivity index is 1.19. The molecule has 10 nitrogen and oxygen atoms in total. The molecule has 3 aromatic rings. The molecule has 5 heterocycles. The van der Waals surface area contributed by atoms with Gasteiger partial charge in [-0.25, -0.2) is 14.6 Å². The molecule has 3 amide bonds. The predicted molar refractivity (Wildman–Crippen MR) is 122 cm³/mol. The molecule has 0 radical (unpaired) electrons. The molecule has 0 aliphatic carbocycles. The van der Waals surface area contributed by atoms with Crippen molar-refractivity contribution in [2.24, 2.45) is 0 Å². The molecule has 2 fully saturated rings. The molecule has 2 saturated heterocycles. The van der Waals surface area contributed by atoms with Gasteiger partial charge in [0.25, 0.3) is 0 Å². The molecular formula is C23H27N7O3. The van der Waals surface area contributed by atoms with E-state index in [1.165, 1.54) is 0 Å². The monoisotopic (exact) mass is 449 g/mol. The second-order valence-electron chi connectivity index (χ2n) is 8.67. The highest BCUT2D eigenvalue weighted by molar-refractivity contribution is 5.87. The Morgan fingerprint density at radius 1 is 1.00 bits per heavy atom. The van der Waals surface area contributed by atoms with E-state index in [9.17, 15) is 14.4 Å². The Labute approximate surface area is 190 Å². The first-order valence-corrected chi connectivity index (χ1v) is 11.4. The van der Waals surface area contributed by atoms with E-state index in [1.807, 2.05) is 30.3 Å². The number of urea groups is 1. The van der Waals surface area contributed by atoms with E-state index in [2.05, 4.69) is 25.6 Å². The van der Waals surface area contributed by atoms with E-state index < -0.39 is 6.04 Å². The molecule has 10 heteroatoms. The van der Waals surface area contributed by atoms with Crippen LogP contribution in [0.1, 0.15) is 43.3 Å². The van der Waals surface area contributed by atoms with Gasteiger partial charge in [-0.1, -0.05) is 6.07 Å². The zero-order valence-corrected chi connectivity index (χ0v) is 18.2. The normalized spacial score (nSPS) is 22.1. The first-order chi connectivity index (χ1) is 16.1. The van der Waals surface area contributed by atoms with Crippen LogP contribution >= 0.6 is 0 Å². The highest BCUT2D eigenvalue weighted by Crippen LogP contribution is 2.25. The quantitative estimate of drug-likeness (QED) is 0.559. The van der Waals surface area contributed by atoms with Gasteiger partial charge < -0.3 is 15.5 Å². The number of H-pyrrole nitrogens is 1. The van der Waals surface area contributed by atoms with Crippen molar-refractivity contribution in [2.75, 3.05) is 19.6 Å². The number of rotatable bonds is 3. The molecule has 2 atom stereocenters. The summed E-state index contributed by atoms with van der Waals surface area (Å²) in [6.07, 6.45) is 6.05.